The minimum Gasteiger partial charge on any atom is -0.398 e. The van der Waals surface area contributed by atoms with Crippen molar-refractivity contribution < 1.29 is 9.59 Å². The first-order valence-electron chi connectivity index (χ1n) is 6.36. The Morgan fingerprint density at radius 2 is 1.73 bits per heavy atom. The largest absolute Gasteiger partial charge is 0.398 e. The summed E-state index contributed by atoms with van der Waals surface area (Å²) in [6.45, 7) is 0. The number of ketones is 2. The monoisotopic (exact) mass is 290 g/mol. The number of hydrogen-bond acceptors (Lipinski definition) is 5. The van der Waals surface area contributed by atoms with E-state index in [1.54, 1.807) is 0 Å². The fourth-order valence-electron chi connectivity index (χ4n) is 2.56. The molecule has 2 aromatic carbocycles. The van der Waals surface area contributed by atoms with Gasteiger partial charge in [0.05, 0.1) is 22.8 Å². The summed E-state index contributed by atoms with van der Waals surface area (Å²) in [5, 5.41) is 16.6. The van der Waals surface area contributed by atoms with Gasteiger partial charge in [-0.25, -0.2) is 0 Å². The van der Waals surface area contributed by atoms with Crippen LogP contribution in [0.5, 0.6) is 0 Å². The van der Waals surface area contributed by atoms with E-state index < -0.39 is 11.6 Å². The van der Waals surface area contributed by atoms with Crippen LogP contribution >= 0.6 is 0 Å². The Morgan fingerprint density at radius 3 is 2.36 bits per heavy atom. The third-order valence-corrected chi connectivity index (χ3v) is 3.63. The molecule has 1 aliphatic carbocycles. The zero-order chi connectivity index (χ0) is 16.0. The summed E-state index contributed by atoms with van der Waals surface area (Å²) >= 11 is 0. The summed E-state index contributed by atoms with van der Waals surface area (Å²) < 4.78 is 0. The quantitative estimate of drug-likeness (QED) is 0.351. The third kappa shape index (κ3) is 1.70. The average Bonchev–Trinajstić information content (AvgIpc) is 2.51. The normalized spacial score (nSPS) is 12.3. The molecular formula is C16H10N4O2. The van der Waals surface area contributed by atoms with Gasteiger partial charge in [0.2, 0.25) is 0 Å². The number of nitrogens with two attached hydrogens (primary N) is 2. The molecule has 0 fully saturated rings. The predicted octanol–water partition coefficient (Wildman–Crippen LogP) is 1.20. The number of anilines is 1. The molecule has 0 aliphatic heterocycles. The predicted molar refractivity (Wildman–Crippen MR) is 79.9 cm³/mol. The number of nitrogens with zero attached hydrogens (tertiary/aromatic N) is 1. The molecule has 0 saturated carbocycles. The first-order valence-corrected chi connectivity index (χ1v) is 6.36. The molecule has 0 amide bonds. The first-order chi connectivity index (χ1) is 10.5. The Labute approximate surface area is 125 Å². The number of nitrogens with one attached hydrogen (secondary N) is 1. The molecule has 0 saturated heterocycles. The Balaban J connectivity index is 2.35. The van der Waals surface area contributed by atoms with Crippen molar-refractivity contribution in [3.8, 4) is 6.07 Å². The molecule has 1 aliphatic rings. The highest BCUT2D eigenvalue weighted by Crippen LogP contribution is 2.33. The van der Waals surface area contributed by atoms with Crippen LogP contribution in [0.2, 0.25) is 0 Å². The van der Waals surface area contributed by atoms with E-state index in [9.17, 15) is 9.59 Å². The van der Waals surface area contributed by atoms with Gasteiger partial charge in [-0.2, -0.15) is 5.26 Å². The van der Waals surface area contributed by atoms with Gasteiger partial charge in [-0.05, 0) is 24.3 Å². The molecule has 0 spiro atoms. The van der Waals surface area contributed by atoms with E-state index in [0.717, 1.165) is 0 Å². The number of nitrogen functional groups attached to an aromatic ring is 2. The Hall–Kier alpha value is -3.46. The van der Waals surface area contributed by atoms with Gasteiger partial charge in [-0.1, -0.05) is 6.07 Å². The van der Waals surface area contributed by atoms with Crippen LogP contribution < -0.4 is 11.5 Å². The van der Waals surface area contributed by atoms with E-state index >= 15 is 0 Å². The van der Waals surface area contributed by atoms with Crippen molar-refractivity contribution in [1.82, 2.24) is 0 Å². The molecule has 6 heteroatoms. The van der Waals surface area contributed by atoms with Crippen molar-refractivity contribution >= 4 is 23.1 Å². The van der Waals surface area contributed by atoms with Crippen molar-refractivity contribution in [1.29, 1.82) is 10.7 Å². The fourth-order valence-corrected chi connectivity index (χ4v) is 2.56. The van der Waals surface area contributed by atoms with Crippen molar-refractivity contribution in [3.05, 3.63) is 63.7 Å². The molecule has 106 valence electrons. The Kier molecular flexibility index (Phi) is 2.78. The molecule has 5 N–H and O–H groups in total. The molecular weight excluding hydrogens is 280 g/mol. The van der Waals surface area contributed by atoms with Crippen LogP contribution in [0.1, 0.15) is 43.0 Å². The lowest BCUT2D eigenvalue weighted by Gasteiger charge is -2.20. The molecule has 0 heterocycles. The van der Waals surface area contributed by atoms with E-state index in [2.05, 4.69) is 0 Å². The zero-order valence-corrected chi connectivity index (χ0v) is 11.3. The minimum atomic E-state index is -0.442. The molecule has 3 rings (SSSR count). The lowest BCUT2D eigenvalue weighted by atomic mass is 9.80. The maximum absolute atomic E-state index is 12.7. The number of carbonyl (C=O) groups is 2. The Bertz CT molecular complexity index is 922. The standard InChI is InChI=1S/C16H10N4O2/c17-6-8-2-4-11(18)13-12(8)14(21)9-3-1-7(16(19)20)5-10(9)15(13)22/h1-5H,18H2,(H3,19,20). The average molecular weight is 290 g/mol. The number of rotatable bonds is 1. The molecule has 0 atom stereocenters. The topological polar surface area (TPSA) is 134 Å². The molecule has 2 aromatic rings. The number of nitriles is 1. The van der Waals surface area contributed by atoms with E-state index in [0.29, 0.717) is 5.56 Å². The summed E-state index contributed by atoms with van der Waals surface area (Å²) in [4.78, 5) is 25.3. The van der Waals surface area contributed by atoms with Crippen LogP contribution in [0, 0.1) is 16.7 Å². The van der Waals surface area contributed by atoms with Crippen LogP contribution in [0.4, 0.5) is 5.69 Å². The van der Waals surface area contributed by atoms with Crippen molar-refractivity contribution in [3.63, 3.8) is 0 Å². The molecule has 0 bridgehead atoms. The molecule has 0 aromatic heterocycles. The van der Waals surface area contributed by atoms with Gasteiger partial charge in [-0.3, -0.25) is 15.0 Å². The number of carbonyl (C=O) groups excluding carboxylic acids is 2. The number of benzene rings is 2. The van der Waals surface area contributed by atoms with Crippen LogP contribution in [0.25, 0.3) is 0 Å². The lowest BCUT2D eigenvalue weighted by molar-refractivity contribution is 0.0979. The Morgan fingerprint density at radius 1 is 1.05 bits per heavy atom. The highest BCUT2D eigenvalue weighted by molar-refractivity contribution is 6.31. The summed E-state index contributed by atoms with van der Waals surface area (Å²) in [6, 6.07) is 9.11. The second kappa shape index (κ2) is 4.53. The van der Waals surface area contributed by atoms with Crippen LogP contribution in [0.15, 0.2) is 30.3 Å². The van der Waals surface area contributed by atoms with Crippen LogP contribution in [-0.2, 0) is 0 Å². The summed E-state index contributed by atoms with van der Waals surface area (Å²) in [5.41, 5.74) is 12.3. The maximum atomic E-state index is 12.7. The number of fused-ring (bicyclic) bond motifs is 2. The van der Waals surface area contributed by atoms with Gasteiger partial charge in [-0.15, -0.1) is 0 Å². The van der Waals surface area contributed by atoms with Gasteiger partial charge in [0.1, 0.15) is 5.84 Å². The lowest BCUT2D eigenvalue weighted by Crippen LogP contribution is -2.24. The van der Waals surface area contributed by atoms with Gasteiger partial charge >= 0.3 is 0 Å². The van der Waals surface area contributed by atoms with Gasteiger partial charge in [0.25, 0.3) is 0 Å². The number of hydrogen-bond donors (Lipinski definition) is 3. The highest BCUT2D eigenvalue weighted by Gasteiger charge is 2.33. The SMILES string of the molecule is N#Cc1ccc(N)c2c1C(=O)c1ccc(C(=N)N)cc1C2=O. The van der Waals surface area contributed by atoms with E-state index in [-0.39, 0.29) is 39.3 Å². The highest BCUT2D eigenvalue weighted by atomic mass is 16.1. The summed E-state index contributed by atoms with van der Waals surface area (Å²) in [5.74, 6) is -1.07. The fraction of sp³-hybridized carbons (Fsp3) is 0. The molecule has 0 radical (unpaired) electrons. The molecule has 22 heavy (non-hydrogen) atoms. The number of amidine groups is 1. The summed E-state index contributed by atoms with van der Waals surface area (Å²) in [6.07, 6.45) is 0. The van der Waals surface area contributed by atoms with Crippen molar-refractivity contribution in [2.24, 2.45) is 5.73 Å². The van der Waals surface area contributed by atoms with E-state index in [4.69, 9.17) is 22.1 Å². The van der Waals surface area contributed by atoms with Gasteiger partial charge in [0, 0.05) is 22.4 Å². The maximum Gasteiger partial charge on any atom is 0.196 e. The van der Waals surface area contributed by atoms with Crippen molar-refractivity contribution in [2.75, 3.05) is 5.73 Å². The van der Waals surface area contributed by atoms with E-state index in [1.165, 1.54) is 30.3 Å². The first kappa shape index (κ1) is 13.5. The van der Waals surface area contributed by atoms with E-state index in [1.807, 2.05) is 6.07 Å². The van der Waals surface area contributed by atoms with Crippen molar-refractivity contribution in [2.45, 2.75) is 0 Å². The molecule has 0 unspecified atom stereocenters. The zero-order valence-electron chi connectivity index (χ0n) is 11.3. The van der Waals surface area contributed by atoms with Gasteiger partial charge < -0.3 is 11.5 Å². The third-order valence-electron chi connectivity index (χ3n) is 3.63. The minimum absolute atomic E-state index is 0.0376. The van der Waals surface area contributed by atoms with Crippen LogP contribution in [0.3, 0.4) is 0 Å². The van der Waals surface area contributed by atoms with Gasteiger partial charge in [0.15, 0.2) is 11.6 Å². The smallest absolute Gasteiger partial charge is 0.196 e. The molecule has 6 nitrogen and oxygen atoms in total. The van der Waals surface area contributed by atoms with Crippen LogP contribution in [-0.4, -0.2) is 17.4 Å². The second-order valence-electron chi connectivity index (χ2n) is 4.90. The second-order valence-corrected chi connectivity index (χ2v) is 4.90. The summed E-state index contributed by atoms with van der Waals surface area (Å²) in [7, 11) is 0.